The van der Waals surface area contributed by atoms with Crippen LogP contribution in [0.3, 0.4) is 0 Å². The summed E-state index contributed by atoms with van der Waals surface area (Å²) in [6.07, 6.45) is 6.48. The lowest BCUT2D eigenvalue weighted by molar-refractivity contribution is 0.345. The molecule has 0 spiro atoms. The summed E-state index contributed by atoms with van der Waals surface area (Å²) in [6, 6.07) is 4.18. The first-order valence-corrected chi connectivity index (χ1v) is 7.00. The molecule has 0 bridgehead atoms. The highest BCUT2D eigenvalue weighted by atomic mass is 14.9. The summed E-state index contributed by atoms with van der Waals surface area (Å²) in [5.41, 5.74) is 1.45. The lowest BCUT2D eigenvalue weighted by atomic mass is 9.85. The standard InChI is InChI=1S/C15H25N3/c1-15(2,14-6-4-8-17-11-14)12-18-10-13-5-3-7-16-9-13/h4,6,8,11,13,16,18H,3,5,7,9-10,12H2,1-2H3. The fourth-order valence-corrected chi connectivity index (χ4v) is 2.55. The van der Waals surface area contributed by atoms with E-state index in [4.69, 9.17) is 0 Å². The van der Waals surface area contributed by atoms with Crippen molar-refractivity contribution in [3.63, 3.8) is 0 Å². The van der Waals surface area contributed by atoms with Gasteiger partial charge in [-0.25, -0.2) is 0 Å². The normalized spacial score (nSPS) is 20.9. The number of nitrogens with one attached hydrogen (secondary N) is 2. The van der Waals surface area contributed by atoms with Crippen molar-refractivity contribution in [3.05, 3.63) is 30.1 Å². The molecule has 2 N–H and O–H groups in total. The van der Waals surface area contributed by atoms with Gasteiger partial charge in [-0.2, -0.15) is 0 Å². The minimum atomic E-state index is 0.149. The average Bonchev–Trinajstić information content (AvgIpc) is 2.41. The van der Waals surface area contributed by atoms with E-state index in [0.717, 1.165) is 19.0 Å². The average molecular weight is 247 g/mol. The molecule has 0 saturated carbocycles. The van der Waals surface area contributed by atoms with Crippen molar-refractivity contribution < 1.29 is 0 Å². The van der Waals surface area contributed by atoms with E-state index in [0.29, 0.717) is 0 Å². The van der Waals surface area contributed by atoms with Crippen molar-refractivity contribution in [2.45, 2.75) is 32.1 Å². The summed E-state index contributed by atoms with van der Waals surface area (Å²) in [4.78, 5) is 4.21. The molecule has 1 atom stereocenters. The Balaban J connectivity index is 1.78. The van der Waals surface area contributed by atoms with E-state index in [1.165, 1.54) is 31.5 Å². The zero-order valence-corrected chi connectivity index (χ0v) is 11.6. The van der Waals surface area contributed by atoms with Gasteiger partial charge in [0, 0.05) is 24.4 Å². The molecule has 18 heavy (non-hydrogen) atoms. The molecule has 1 unspecified atom stereocenters. The number of hydrogen-bond acceptors (Lipinski definition) is 3. The Morgan fingerprint density at radius 3 is 3.06 bits per heavy atom. The molecule has 0 aromatic carbocycles. The first-order valence-electron chi connectivity index (χ1n) is 7.00. The van der Waals surface area contributed by atoms with Gasteiger partial charge in [-0.3, -0.25) is 4.98 Å². The minimum Gasteiger partial charge on any atom is -0.316 e. The second-order valence-corrected chi connectivity index (χ2v) is 5.97. The maximum Gasteiger partial charge on any atom is 0.0305 e. The van der Waals surface area contributed by atoms with Crippen LogP contribution in [0.4, 0.5) is 0 Å². The van der Waals surface area contributed by atoms with Crippen LogP contribution < -0.4 is 10.6 Å². The zero-order valence-electron chi connectivity index (χ0n) is 11.6. The molecule has 1 aromatic heterocycles. The van der Waals surface area contributed by atoms with Crippen molar-refractivity contribution in [1.82, 2.24) is 15.6 Å². The van der Waals surface area contributed by atoms with E-state index < -0.39 is 0 Å². The van der Waals surface area contributed by atoms with Gasteiger partial charge in [0.1, 0.15) is 0 Å². The number of rotatable bonds is 5. The van der Waals surface area contributed by atoms with Crippen molar-refractivity contribution in [2.75, 3.05) is 26.2 Å². The molecule has 0 amide bonds. The van der Waals surface area contributed by atoms with Gasteiger partial charge in [0.15, 0.2) is 0 Å². The van der Waals surface area contributed by atoms with Crippen molar-refractivity contribution in [2.24, 2.45) is 5.92 Å². The molecule has 0 aliphatic carbocycles. The van der Waals surface area contributed by atoms with Gasteiger partial charge in [0.2, 0.25) is 0 Å². The van der Waals surface area contributed by atoms with Crippen LogP contribution in [0.25, 0.3) is 0 Å². The third-order valence-electron chi connectivity index (χ3n) is 3.84. The first kappa shape index (κ1) is 13.5. The van der Waals surface area contributed by atoms with Crippen LogP contribution >= 0.6 is 0 Å². The van der Waals surface area contributed by atoms with Crippen LogP contribution in [-0.2, 0) is 5.41 Å². The number of piperidine rings is 1. The van der Waals surface area contributed by atoms with Gasteiger partial charge in [-0.15, -0.1) is 0 Å². The number of pyridine rings is 1. The van der Waals surface area contributed by atoms with E-state index >= 15 is 0 Å². The maximum absolute atomic E-state index is 4.21. The monoisotopic (exact) mass is 247 g/mol. The van der Waals surface area contributed by atoms with Gasteiger partial charge >= 0.3 is 0 Å². The molecular formula is C15H25N3. The molecule has 0 radical (unpaired) electrons. The molecule has 2 heterocycles. The fraction of sp³-hybridized carbons (Fsp3) is 0.667. The summed E-state index contributed by atoms with van der Waals surface area (Å²) in [5, 5.41) is 7.09. The summed E-state index contributed by atoms with van der Waals surface area (Å²) in [5.74, 6) is 0.795. The molecule has 3 heteroatoms. The Kier molecular flexibility index (Phi) is 4.72. The van der Waals surface area contributed by atoms with Crippen molar-refractivity contribution in [1.29, 1.82) is 0 Å². The van der Waals surface area contributed by atoms with Gasteiger partial charge < -0.3 is 10.6 Å². The second kappa shape index (κ2) is 6.30. The van der Waals surface area contributed by atoms with Crippen LogP contribution in [0.5, 0.6) is 0 Å². The summed E-state index contributed by atoms with van der Waals surface area (Å²) in [6.45, 7) is 9.04. The van der Waals surface area contributed by atoms with Crippen molar-refractivity contribution in [3.8, 4) is 0 Å². The predicted octanol–water partition coefficient (Wildman–Crippen LogP) is 1.95. The molecule has 1 aliphatic rings. The highest BCUT2D eigenvalue weighted by Gasteiger charge is 2.21. The molecule has 1 aromatic rings. The number of nitrogens with zero attached hydrogens (tertiary/aromatic N) is 1. The Hall–Kier alpha value is -0.930. The largest absolute Gasteiger partial charge is 0.316 e. The molecule has 2 rings (SSSR count). The Morgan fingerprint density at radius 2 is 2.39 bits per heavy atom. The van der Waals surface area contributed by atoms with E-state index in [1.54, 1.807) is 0 Å². The van der Waals surface area contributed by atoms with Gasteiger partial charge in [-0.1, -0.05) is 19.9 Å². The lowest BCUT2D eigenvalue weighted by Gasteiger charge is -2.28. The Bertz CT molecular complexity index is 342. The number of hydrogen-bond donors (Lipinski definition) is 2. The van der Waals surface area contributed by atoms with Crippen LogP contribution in [-0.4, -0.2) is 31.2 Å². The van der Waals surface area contributed by atoms with Crippen LogP contribution in [0.1, 0.15) is 32.3 Å². The third-order valence-corrected chi connectivity index (χ3v) is 3.84. The summed E-state index contributed by atoms with van der Waals surface area (Å²) in [7, 11) is 0. The highest BCUT2D eigenvalue weighted by Crippen LogP contribution is 2.21. The van der Waals surface area contributed by atoms with Crippen LogP contribution in [0.15, 0.2) is 24.5 Å². The van der Waals surface area contributed by atoms with Crippen molar-refractivity contribution >= 4 is 0 Å². The predicted molar refractivity (Wildman–Crippen MR) is 75.7 cm³/mol. The highest BCUT2D eigenvalue weighted by molar-refractivity contribution is 5.19. The van der Waals surface area contributed by atoms with E-state index in [2.05, 4.69) is 35.5 Å². The zero-order chi connectivity index (χ0) is 12.8. The van der Waals surface area contributed by atoms with Gasteiger partial charge in [0.25, 0.3) is 0 Å². The first-order chi connectivity index (χ1) is 8.68. The SMILES string of the molecule is CC(C)(CNCC1CCCNC1)c1cccnc1. The van der Waals surface area contributed by atoms with E-state index in [-0.39, 0.29) is 5.41 Å². The molecular weight excluding hydrogens is 222 g/mol. The van der Waals surface area contributed by atoms with E-state index in [9.17, 15) is 0 Å². The quantitative estimate of drug-likeness (QED) is 0.835. The van der Waals surface area contributed by atoms with Crippen LogP contribution in [0, 0.1) is 5.92 Å². The minimum absolute atomic E-state index is 0.149. The lowest BCUT2D eigenvalue weighted by Crippen LogP contribution is -2.40. The topological polar surface area (TPSA) is 37.0 Å². The smallest absolute Gasteiger partial charge is 0.0305 e. The molecule has 1 aliphatic heterocycles. The maximum atomic E-state index is 4.21. The van der Waals surface area contributed by atoms with E-state index in [1.807, 2.05) is 18.5 Å². The molecule has 3 nitrogen and oxygen atoms in total. The Labute approximate surface area is 110 Å². The number of aromatic nitrogens is 1. The molecule has 100 valence electrons. The summed E-state index contributed by atoms with van der Waals surface area (Å²) < 4.78 is 0. The molecule has 1 fully saturated rings. The van der Waals surface area contributed by atoms with Gasteiger partial charge in [-0.05, 0) is 50.0 Å². The second-order valence-electron chi connectivity index (χ2n) is 5.97. The summed E-state index contributed by atoms with van der Waals surface area (Å²) >= 11 is 0. The van der Waals surface area contributed by atoms with Gasteiger partial charge in [0.05, 0.1) is 0 Å². The van der Waals surface area contributed by atoms with Crippen LogP contribution in [0.2, 0.25) is 0 Å². The fourth-order valence-electron chi connectivity index (χ4n) is 2.55. The third kappa shape index (κ3) is 3.79. The molecule has 1 saturated heterocycles. The Morgan fingerprint density at radius 1 is 1.50 bits per heavy atom.